The summed E-state index contributed by atoms with van der Waals surface area (Å²) in [6.45, 7) is 0.171. The number of rotatable bonds is 1. The second kappa shape index (κ2) is 2.79. The van der Waals surface area contributed by atoms with Crippen LogP contribution in [-0.4, -0.2) is 11.9 Å². The first-order valence-electron chi connectivity index (χ1n) is 5.12. The van der Waals surface area contributed by atoms with Crippen LogP contribution in [0.25, 0.3) is 0 Å². The predicted molar refractivity (Wildman–Crippen MR) is 53.9 cm³/mol. The average molecular weight is 207 g/mol. The molecule has 0 amide bonds. The van der Waals surface area contributed by atoms with Crippen LogP contribution < -0.4 is 15.2 Å². The Bertz CT molecular complexity index is 413. The van der Waals surface area contributed by atoms with Crippen LogP contribution in [0.3, 0.4) is 0 Å². The molecule has 1 aromatic rings. The van der Waals surface area contributed by atoms with E-state index in [1.165, 1.54) is 0 Å². The highest BCUT2D eigenvalue weighted by atomic mass is 16.7. The monoisotopic (exact) mass is 207 g/mol. The van der Waals surface area contributed by atoms with E-state index in [0.29, 0.717) is 11.5 Å². The maximum Gasteiger partial charge on any atom is 0.231 e. The number of ether oxygens (including phenoxy) is 2. The summed E-state index contributed by atoms with van der Waals surface area (Å²) in [6, 6.07) is 3.65. The average Bonchev–Trinajstić information content (AvgIpc) is 2.64. The van der Waals surface area contributed by atoms with Gasteiger partial charge in [-0.1, -0.05) is 0 Å². The van der Waals surface area contributed by atoms with Crippen molar-refractivity contribution < 1.29 is 14.6 Å². The topological polar surface area (TPSA) is 64.7 Å². The quantitative estimate of drug-likeness (QED) is 0.731. The van der Waals surface area contributed by atoms with Crippen molar-refractivity contribution in [1.29, 1.82) is 0 Å². The number of fused-ring (bicyclic) bond motifs is 1. The molecule has 1 saturated carbocycles. The van der Waals surface area contributed by atoms with Gasteiger partial charge in [0.15, 0.2) is 11.5 Å². The van der Waals surface area contributed by atoms with Gasteiger partial charge in [0.1, 0.15) is 0 Å². The van der Waals surface area contributed by atoms with Gasteiger partial charge in [-0.15, -0.1) is 0 Å². The molecule has 1 aliphatic carbocycles. The van der Waals surface area contributed by atoms with E-state index in [0.717, 1.165) is 24.8 Å². The minimum atomic E-state index is -0.370. The maximum absolute atomic E-state index is 10.0. The SMILES string of the molecule is NC1(c2ccc3c(c2O)OCO3)CCC1. The summed E-state index contributed by atoms with van der Waals surface area (Å²) in [5.74, 6) is 1.18. The standard InChI is InChI=1S/C11H13NO3/c12-11(4-1-5-11)7-2-3-8-10(9(7)13)15-6-14-8/h2-3,13H,1,4-6,12H2. The zero-order valence-corrected chi connectivity index (χ0v) is 8.32. The molecule has 4 nitrogen and oxygen atoms in total. The van der Waals surface area contributed by atoms with Crippen LogP contribution in [0.15, 0.2) is 12.1 Å². The Kier molecular flexibility index (Phi) is 1.65. The molecule has 4 heteroatoms. The van der Waals surface area contributed by atoms with Gasteiger partial charge in [0.2, 0.25) is 12.5 Å². The van der Waals surface area contributed by atoms with Crippen LogP contribution in [-0.2, 0) is 5.54 Å². The van der Waals surface area contributed by atoms with E-state index >= 15 is 0 Å². The molecule has 3 rings (SSSR count). The Hall–Kier alpha value is -1.42. The van der Waals surface area contributed by atoms with Gasteiger partial charge < -0.3 is 20.3 Å². The number of aromatic hydroxyl groups is 1. The van der Waals surface area contributed by atoms with Gasteiger partial charge in [0, 0.05) is 11.1 Å². The summed E-state index contributed by atoms with van der Waals surface area (Å²) in [5.41, 5.74) is 6.57. The third kappa shape index (κ3) is 1.11. The summed E-state index contributed by atoms with van der Waals surface area (Å²) >= 11 is 0. The molecule has 80 valence electrons. The molecule has 1 heterocycles. The van der Waals surface area contributed by atoms with Gasteiger partial charge >= 0.3 is 0 Å². The number of hydrogen-bond acceptors (Lipinski definition) is 4. The van der Waals surface area contributed by atoms with Crippen molar-refractivity contribution in [2.75, 3.05) is 6.79 Å². The van der Waals surface area contributed by atoms with Crippen LogP contribution >= 0.6 is 0 Å². The Morgan fingerprint density at radius 3 is 2.73 bits per heavy atom. The Morgan fingerprint density at radius 1 is 1.27 bits per heavy atom. The Labute approximate surface area is 87.6 Å². The molecule has 0 bridgehead atoms. The van der Waals surface area contributed by atoms with Crippen LogP contribution in [0, 0.1) is 0 Å². The van der Waals surface area contributed by atoms with Gasteiger partial charge in [0.05, 0.1) is 0 Å². The van der Waals surface area contributed by atoms with E-state index in [9.17, 15) is 5.11 Å². The molecular weight excluding hydrogens is 194 g/mol. The number of benzene rings is 1. The summed E-state index contributed by atoms with van der Waals surface area (Å²) in [4.78, 5) is 0. The molecule has 3 N–H and O–H groups in total. The highest BCUT2D eigenvalue weighted by Crippen LogP contribution is 2.49. The Morgan fingerprint density at radius 2 is 2.07 bits per heavy atom. The molecule has 0 aromatic heterocycles. The molecule has 2 aliphatic rings. The van der Waals surface area contributed by atoms with Crippen molar-refractivity contribution in [2.24, 2.45) is 5.73 Å². The minimum absolute atomic E-state index is 0.146. The number of phenols is 1. The second-order valence-electron chi connectivity index (χ2n) is 4.21. The van der Waals surface area contributed by atoms with E-state index < -0.39 is 0 Å². The van der Waals surface area contributed by atoms with Crippen LogP contribution in [0.1, 0.15) is 24.8 Å². The van der Waals surface area contributed by atoms with Crippen molar-refractivity contribution in [3.05, 3.63) is 17.7 Å². The lowest BCUT2D eigenvalue weighted by atomic mass is 9.72. The summed E-state index contributed by atoms with van der Waals surface area (Å²) in [6.07, 6.45) is 2.95. The zero-order valence-electron chi connectivity index (χ0n) is 8.32. The molecule has 0 spiro atoms. The maximum atomic E-state index is 10.0. The summed E-state index contributed by atoms with van der Waals surface area (Å²) < 4.78 is 10.4. The molecule has 15 heavy (non-hydrogen) atoms. The van der Waals surface area contributed by atoms with Crippen molar-refractivity contribution in [3.63, 3.8) is 0 Å². The van der Waals surface area contributed by atoms with Crippen LogP contribution in [0.5, 0.6) is 17.2 Å². The molecule has 1 aromatic carbocycles. The fourth-order valence-corrected chi connectivity index (χ4v) is 2.19. The van der Waals surface area contributed by atoms with Crippen molar-refractivity contribution >= 4 is 0 Å². The molecule has 1 aliphatic heterocycles. The van der Waals surface area contributed by atoms with Crippen LogP contribution in [0.4, 0.5) is 0 Å². The molecular formula is C11H13NO3. The van der Waals surface area contributed by atoms with Gasteiger partial charge in [-0.05, 0) is 31.4 Å². The van der Waals surface area contributed by atoms with Gasteiger partial charge in [-0.3, -0.25) is 0 Å². The molecule has 0 unspecified atom stereocenters. The van der Waals surface area contributed by atoms with E-state index in [1.807, 2.05) is 12.1 Å². The third-order valence-electron chi connectivity index (χ3n) is 3.30. The van der Waals surface area contributed by atoms with E-state index in [2.05, 4.69) is 0 Å². The van der Waals surface area contributed by atoms with Crippen molar-refractivity contribution in [2.45, 2.75) is 24.8 Å². The van der Waals surface area contributed by atoms with Gasteiger partial charge in [-0.2, -0.15) is 0 Å². The smallest absolute Gasteiger partial charge is 0.231 e. The fraction of sp³-hybridized carbons (Fsp3) is 0.455. The summed E-state index contributed by atoms with van der Waals surface area (Å²) in [5, 5.41) is 10.0. The van der Waals surface area contributed by atoms with Gasteiger partial charge in [-0.25, -0.2) is 0 Å². The lowest BCUT2D eigenvalue weighted by Gasteiger charge is -2.38. The second-order valence-corrected chi connectivity index (χ2v) is 4.21. The highest BCUT2D eigenvalue weighted by molar-refractivity contribution is 5.58. The predicted octanol–water partition coefficient (Wildman–Crippen LogP) is 1.46. The normalized spacial score (nSPS) is 21.1. The van der Waals surface area contributed by atoms with Crippen molar-refractivity contribution in [1.82, 2.24) is 0 Å². The zero-order chi connectivity index (χ0) is 10.5. The first-order valence-corrected chi connectivity index (χ1v) is 5.12. The highest BCUT2D eigenvalue weighted by Gasteiger charge is 2.38. The first kappa shape index (κ1) is 8.85. The fourth-order valence-electron chi connectivity index (χ4n) is 2.19. The lowest BCUT2D eigenvalue weighted by Crippen LogP contribution is -2.43. The number of phenolic OH excluding ortho intramolecular Hbond substituents is 1. The third-order valence-corrected chi connectivity index (χ3v) is 3.30. The molecule has 0 radical (unpaired) electrons. The molecule has 1 fully saturated rings. The molecule has 0 atom stereocenters. The number of hydrogen-bond donors (Lipinski definition) is 2. The van der Waals surface area contributed by atoms with E-state index in [4.69, 9.17) is 15.2 Å². The summed E-state index contributed by atoms with van der Waals surface area (Å²) in [7, 11) is 0. The minimum Gasteiger partial charge on any atom is -0.504 e. The van der Waals surface area contributed by atoms with E-state index in [1.54, 1.807) is 0 Å². The van der Waals surface area contributed by atoms with Crippen molar-refractivity contribution in [3.8, 4) is 17.2 Å². The largest absolute Gasteiger partial charge is 0.504 e. The Balaban J connectivity index is 2.10. The van der Waals surface area contributed by atoms with Gasteiger partial charge in [0.25, 0.3) is 0 Å². The number of nitrogens with two attached hydrogens (primary N) is 1. The van der Waals surface area contributed by atoms with E-state index in [-0.39, 0.29) is 18.1 Å². The van der Waals surface area contributed by atoms with Crippen LogP contribution in [0.2, 0.25) is 0 Å². The lowest BCUT2D eigenvalue weighted by molar-refractivity contribution is 0.170. The first-order chi connectivity index (χ1) is 7.21. The molecule has 0 saturated heterocycles.